The van der Waals surface area contributed by atoms with Gasteiger partial charge < -0.3 is 14.6 Å². The predicted octanol–water partition coefficient (Wildman–Crippen LogP) is 2.98. The first-order chi connectivity index (χ1) is 10.3. The molecule has 2 aromatic rings. The summed E-state index contributed by atoms with van der Waals surface area (Å²) < 4.78 is 7.41. The number of ether oxygens (including phenoxy) is 1. The molecule has 21 heavy (non-hydrogen) atoms. The Balaban J connectivity index is 1.78. The Morgan fingerprint density at radius 2 is 2.14 bits per heavy atom. The monoisotopic (exact) mass is 285 g/mol. The molecule has 4 nitrogen and oxygen atoms in total. The number of hydrogen-bond acceptors (Lipinski definition) is 3. The number of hydrogen-bond donors (Lipinski definition) is 1. The fourth-order valence-corrected chi connectivity index (χ4v) is 3.11. The molecular weight excluding hydrogens is 262 g/mol. The van der Waals surface area contributed by atoms with Crippen LogP contribution in [0.3, 0.4) is 0 Å². The molecule has 0 aliphatic heterocycles. The van der Waals surface area contributed by atoms with E-state index >= 15 is 0 Å². The molecule has 0 amide bonds. The second-order valence-electron chi connectivity index (χ2n) is 5.70. The summed E-state index contributed by atoms with van der Waals surface area (Å²) in [6.45, 7) is 3.53. The van der Waals surface area contributed by atoms with Gasteiger partial charge in [-0.3, -0.25) is 0 Å². The molecule has 1 aliphatic carbocycles. The minimum Gasteiger partial charge on any atom is -0.383 e. The van der Waals surface area contributed by atoms with E-state index in [1.807, 2.05) is 0 Å². The highest BCUT2D eigenvalue weighted by Gasteiger charge is 2.22. The van der Waals surface area contributed by atoms with Crippen molar-refractivity contribution in [2.24, 2.45) is 0 Å². The van der Waals surface area contributed by atoms with Crippen molar-refractivity contribution >= 4 is 5.95 Å². The highest BCUT2D eigenvalue weighted by atomic mass is 16.5. The van der Waals surface area contributed by atoms with E-state index in [0.717, 1.165) is 31.0 Å². The van der Waals surface area contributed by atoms with Crippen molar-refractivity contribution in [3.8, 4) is 0 Å². The normalized spacial score (nSPS) is 17.5. The van der Waals surface area contributed by atoms with Gasteiger partial charge in [0.25, 0.3) is 0 Å². The Kier molecular flexibility index (Phi) is 4.25. The van der Waals surface area contributed by atoms with E-state index < -0.39 is 0 Å². The standard InChI is InChI=1S/C17H23N3O/c1-13-12-20(17(19-13)18-9-10-21-2)16-8-7-14-5-3-4-6-15(14)11-16/h3-6,12,16H,7-11H2,1-2H3,(H,18,19). The lowest BCUT2D eigenvalue weighted by Gasteiger charge is -2.27. The van der Waals surface area contributed by atoms with E-state index in [2.05, 4.69) is 52.3 Å². The molecule has 0 bridgehead atoms. The smallest absolute Gasteiger partial charge is 0.203 e. The lowest BCUT2D eigenvalue weighted by Crippen LogP contribution is -2.21. The van der Waals surface area contributed by atoms with Crippen LogP contribution in [0.5, 0.6) is 0 Å². The molecule has 1 unspecified atom stereocenters. The van der Waals surface area contributed by atoms with Gasteiger partial charge in [0.05, 0.1) is 12.3 Å². The van der Waals surface area contributed by atoms with Crippen LogP contribution in [0.2, 0.25) is 0 Å². The molecule has 0 saturated carbocycles. The number of rotatable bonds is 5. The van der Waals surface area contributed by atoms with Crippen LogP contribution in [0.25, 0.3) is 0 Å². The lowest BCUT2D eigenvalue weighted by atomic mass is 9.88. The maximum Gasteiger partial charge on any atom is 0.203 e. The van der Waals surface area contributed by atoms with Crippen LogP contribution in [0, 0.1) is 6.92 Å². The first-order valence-corrected chi connectivity index (χ1v) is 7.63. The molecule has 0 fully saturated rings. The number of nitrogens with zero attached hydrogens (tertiary/aromatic N) is 2. The Bertz CT molecular complexity index is 606. The van der Waals surface area contributed by atoms with E-state index in [0.29, 0.717) is 12.6 Å². The fraction of sp³-hybridized carbons (Fsp3) is 0.471. The maximum absolute atomic E-state index is 5.10. The average Bonchev–Trinajstić information content (AvgIpc) is 2.88. The third-order valence-electron chi connectivity index (χ3n) is 4.16. The van der Waals surface area contributed by atoms with Crippen LogP contribution in [0.15, 0.2) is 30.5 Å². The van der Waals surface area contributed by atoms with Crippen LogP contribution >= 0.6 is 0 Å². The third-order valence-corrected chi connectivity index (χ3v) is 4.16. The predicted molar refractivity (Wildman–Crippen MR) is 84.8 cm³/mol. The first kappa shape index (κ1) is 14.1. The van der Waals surface area contributed by atoms with Crippen LogP contribution in [-0.4, -0.2) is 29.8 Å². The minimum atomic E-state index is 0.492. The molecule has 112 valence electrons. The van der Waals surface area contributed by atoms with E-state index in [9.17, 15) is 0 Å². The zero-order chi connectivity index (χ0) is 14.7. The average molecular weight is 285 g/mol. The summed E-state index contributed by atoms with van der Waals surface area (Å²) in [5, 5.41) is 3.38. The van der Waals surface area contributed by atoms with Crippen molar-refractivity contribution < 1.29 is 4.74 Å². The van der Waals surface area contributed by atoms with E-state index in [-0.39, 0.29) is 0 Å². The minimum absolute atomic E-state index is 0.492. The number of methoxy groups -OCH3 is 1. The lowest BCUT2D eigenvalue weighted by molar-refractivity contribution is 0.210. The molecule has 0 spiro atoms. The first-order valence-electron chi connectivity index (χ1n) is 7.63. The van der Waals surface area contributed by atoms with Gasteiger partial charge in [-0.05, 0) is 37.3 Å². The van der Waals surface area contributed by atoms with Crippen molar-refractivity contribution in [1.29, 1.82) is 0 Å². The molecule has 1 N–H and O–H groups in total. The highest BCUT2D eigenvalue weighted by Crippen LogP contribution is 2.31. The van der Waals surface area contributed by atoms with Crippen molar-refractivity contribution in [3.05, 3.63) is 47.3 Å². The number of aromatic nitrogens is 2. The van der Waals surface area contributed by atoms with Crippen LogP contribution in [-0.2, 0) is 17.6 Å². The van der Waals surface area contributed by atoms with Crippen molar-refractivity contribution in [3.63, 3.8) is 0 Å². The van der Waals surface area contributed by atoms with Gasteiger partial charge in [-0.1, -0.05) is 24.3 Å². The van der Waals surface area contributed by atoms with Crippen molar-refractivity contribution in [2.75, 3.05) is 25.6 Å². The Morgan fingerprint density at radius 3 is 2.95 bits per heavy atom. The molecule has 1 aromatic carbocycles. The van der Waals surface area contributed by atoms with E-state index in [4.69, 9.17) is 4.74 Å². The maximum atomic E-state index is 5.10. The molecule has 1 aliphatic rings. The van der Waals surface area contributed by atoms with Crippen molar-refractivity contribution in [1.82, 2.24) is 9.55 Å². The van der Waals surface area contributed by atoms with E-state index in [1.165, 1.54) is 17.5 Å². The summed E-state index contributed by atoms with van der Waals surface area (Å²) in [6.07, 6.45) is 5.57. The Morgan fingerprint density at radius 1 is 1.33 bits per heavy atom. The van der Waals surface area contributed by atoms with Gasteiger partial charge in [0.2, 0.25) is 5.95 Å². The second-order valence-corrected chi connectivity index (χ2v) is 5.70. The van der Waals surface area contributed by atoms with Gasteiger partial charge in [-0.25, -0.2) is 4.98 Å². The van der Waals surface area contributed by atoms with Gasteiger partial charge in [-0.15, -0.1) is 0 Å². The van der Waals surface area contributed by atoms with Crippen LogP contribution in [0.4, 0.5) is 5.95 Å². The van der Waals surface area contributed by atoms with E-state index in [1.54, 1.807) is 7.11 Å². The highest BCUT2D eigenvalue weighted by molar-refractivity contribution is 5.34. The largest absolute Gasteiger partial charge is 0.383 e. The van der Waals surface area contributed by atoms with Gasteiger partial charge in [0.15, 0.2) is 0 Å². The Labute approximate surface area is 126 Å². The molecule has 3 rings (SSSR count). The summed E-state index contributed by atoms with van der Waals surface area (Å²) in [4.78, 5) is 4.61. The number of aryl methyl sites for hydroxylation is 2. The topological polar surface area (TPSA) is 39.1 Å². The zero-order valence-corrected chi connectivity index (χ0v) is 12.8. The van der Waals surface area contributed by atoms with Crippen molar-refractivity contribution in [2.45, 2.75) is 32.2 Å². The van der Waals surface area contributed by atoms with Gasteiger partial charge in [0, 0.05) is 25.9 Å². The molecular formula is C17H23N3O. The van der Waals surface area contributed by atoms with Crippen LogP contribution in [0.1, 0.15) is 29.3 Å². The summed E-state index contributed by atoms with van der Waals surface area (Å²) in [5.74, 6) is 0.967. The molecule has 1 atom stereocenters. The Hall–Kier alpha value is -1.81. The number of benzene rings is 1. The summed E-state index contributed by atoms with van der Waals surface area (Å²) in [6, 6.07) is 9.27. The molecule has 4 heteroatoms. The zero-order valence-electron chi connectivity index (χ0n) is 12.8. The number of fused-ring (bicyclic) bond motifs is 1. The fourth-order valence-electron chi connectivity index (χ4n) is 3.11. The SMILES string of the molecule is COCCNc1nc(C)cn1C1CCc2ccccc2C1. The summed E-state index contributed by atoms with van der Waals surface area (Å²) in [5.41, 5.74) is 4.04. The molecule has 1 heterocycles. The van der Waals surface area contributed by atoms with Crippen LogP contribution < -0.4 is 5.32 Å². The van der Waals surface area contributed by atoms with Gasteiger partial charge in [0.1, 0.15) is 0 Å². The third kappa shape index (κ3) is 3.10. The second kappa shape index (κ2) is 6.31. The summed E-state index contributed by atoms with van der Waals surface area (Å²) in [7, 11) is 1.72. The number of anilines is 1. The van der Waals surface area contributed by atoms with Gasteiger partial charge >= 0.3 is 0 Å². The number of imidazole rings is 1. The molecule has 1 aromatic heterocycles. The van der Waals surface area contributed by atoms with Gasteiger partial charge in [-0.2, -0.15) is 0 Å². The molecule has 0 saturated heterocycles. The molecule has 0 radical (unpaired) electrons. The quantitative estimate of drug-likeness (QED) is 0.858. The number of nitrogens with one attached hydrogen (secondary N) is 1. The summed E-state index contributed by atoms with van der Waals surface area (Å²) >= 11 is 0.